The summed E-state index contributed by atoms with van der Waals surface area (Å²) in [7, 11) is 3.77. The molecule has 0 spiro atoms. The molecule has 0 atom stereocenters. The lowest BCUT2D eigenvalue weighted by atomic mass is 10.3. The second-order valence-electron chi connectivity index (χ2n) is 3.70. The van der Waals surface area contributed by atoms with Crippen molar-refractivity contribution in [2.24, 2.45) is 0 Å². The van der Waals surface area contributed by atoms with Gasteiger partial charge in [0.2, 0.25) is 0 Å². The predicted molar refractivity (Wildman–Crippen MR) is 62.8 cm³/mol. The second kappa shape index (κ2) is 4.24. The highest BCUT2D eigenvalue weighted by Crippen LogP contribution is 2.38. The zero-order valence-corrected chi connectivity index (χ0v) is 9.88. The zero-order chi connectivity index (χ0) is 10.8. The van der Waals surface area contributed by atoms with Crippen molar-refractivity contribution in [2.45, 2.75) is 0 Å². The van der Waals surface area contributed by atoms with Crippen LogP contribution in [0.2, 0.25) is 0 Å². The third-order valence-electron chi connectivity index (χ3n) is 2.65. The van der Waals surface area contributed by atoms with Gasteiger partial charge in [-0.15, -0.1) is 0 Å². The summed E-state index contributed by atoms with van der Waals surface area (Å²) in [4.78, 5) is 4.60. The van der Waals surface area contributed by atoms with E-state index in [2.05, 4.69) is 21.2 Å². The summed E-state index contributed by atoms with van der Waals surface area (Å²) in [6.07, 6.45) is 0. The summed E-state index contributed by atoms with van der Waals surface area (Å²) in [5, 5.41) is 1.06. The molecule has 0 radical (unpaired) electrons. The second-order valence-corrected chi connectivity index (χ2v) is 4.45. The monoisotopic (exact) mass is 228 g/mol. The molecule has 2 heterocycles. The Balaban J connectivity index is 2.15. The average molecular weight is 228 g/mol. The summed E-state index contributed by atoms with van der Waals surface area (Å²) in [6, 6.07) is 0. The van der Waals surface area contributed by atoms with Gasteiger partial charge in [0, 0.05) is 26.2 Å². The van der Waals surface area contributed by atoms with Crippen molar-refractivity contribution in [1.82, 2.24) is 9.27 Å². The van der Waals surface area contributed by atoms with Crippen LogP contribution >= 0.6 is 11.5 Å². The Morgan fingerprint density at radius 2 is 2.00 bits per heavy atom. The maximum absolute atomic E-state index is 5.72. The molecule has 1 aliphatic rings. The number of nitrogens with two attached hydrogens (primary N) is 1. The minimum absolute atomic E-state index is 0.497. The van der Waals surface area contributed by atoms with E-state index in [1.807, 2.05) is 0 Å². The lowest BCUT2D eigenvalue weighted by Crippen LogP contribution is -2.44. The van der Waals surface area contributed by atoms with Gasteiger partial charge in [0.05, 0.1) is 7.11 Å². The van der Waals surface area contributed by atoms with Crippen molar-refractivity contribution in [3.8, 4) is 5.75 Å². The number of anilines is 2. The standard InChI is InChI=1S/C9H16N4OS/c1-12-3-5-13(6-4-12)9-7(14-2)8(10)11-15-9/h3-6H2,1-2H3,(H2,10,11). The first kappa shape index (κ1) is 10.5. The van der Waals surface area contributed by atoms with Gasteiger partial charge in [0.15, 0.2) is 16.6 Å². The first-order valence-electron chi connectivity index (χ1n) is 4.95. The largest absolute Gasteiger partial charge is 0.490 e. The Morgan fingerprint density at radius 3 is 2.60 bits per heavy atom. The number of likely N-dealkylation sites (N-methyl/N-ethyl adjacent to an activating group) is 1. The molecule has 0 saturated carbocycles. The SMILES string of the molecule is COc1c(N)nsc1N1CCN(C)CC1. The summed E-state index contributed by atoms with van der Waals surface area (Å²) in [5.74, 6) is 1.22. The molecule has 2 N–H and O–H groups in total. The van der Waals surface area contributed by atoms with Crippen LogP contribution in [0.1, 0.15) is 0 Å². The number of hydrogen-bond acceptors (Lipinski definition) is 6. The summed E-state index contributed by atoms with van der Waals surface area (Å²) < 4.78 is 9.38. The lowest BCUT2D eigenvalue weighted by Gasteiger charge is -2.32. The van der Waals surface area contributed by atoms with Crippen molar-refractivity contribution in [3.63, 3.8) is 0 Å². The summed E-state index contributed by atoms with van der Waals surface area (Å²) in [6.45, 7) is 4.16. The fraction of sp³-hybridized carbons (Fsp3) is 0.667. The predicted octanol–water partition coefficient (Wildman–Crippen LogP) is 0.486. The molecule has 0 aromatic carbocycles. The molecule has 1 aliphatic heterocycles. The smallest absolute Gasteiger partial charge is 0.197 e. The van der Waals surface area contributed by atoms with Gasteiger partial charge >= 0.3 is 0 Å². The van der Waals surface area contributed by atoms with E-state index >= 15 is 0 Å². The maximum Gasteiger partial charge on any atom is 0.197 e. The number of nitrogen functional groups attached to an aromatic ring is 1. The molecule has 5 nitrogen and oxygen atoms in total. The van der Waals surface area contributed by atoms with Crippen LogP contribution in [0.3, 0.4) is 0 Å². The molecule has 6 heteroatoms. The highest BCUT2D eigenvalue weighted by atomic mass is 32.1. The number of methoxy groups -OCH3 is 1. The van der Waals surface area contributed by atoms with Crippen LogP contribution in [-0.4, -0.2) is 49.6 Å². The molecular formula is C9H16N4OS. The minimum atomic E-state index is 0.497. The molecule has 1 saturated heterocycles. The van der Waals surface area contributed by atoms with Crippen molar-refractivity contribution in [2.75, 3.05) is 51.0 Å². The van der Waals surface area contributed by atoms with E-state index in [4.69, 9.17) is 10.5 Å². The maximum atomic E-state index is 5.72. The first-order valence-corrected chi connectivity index (χ1v) is 5.72. The van der Waals surface area contributed by atoms with Gasteiger partial charge in [0.1, 0.15) is 0 Å². The van der Waals surface area contributed by atoms with Crippen LogP contribution in [0.15, 0.2) is 0 Å². The van der Waals surface area contributed by atoms with Crippen LogP contribution in [0.5, 0.6) is 5.75 Å². The van der Waals surface area contributed by atoms with E-state index in [0.717, 1.165) is 36.9 Å². The molecule has 1 fully saturated rings. The molecule has 0 unspecified atom stereocenters. The van der Waals surface area contributed by atoms with Crippen molar-refractivity contribution >= 4 is 22.4 Å². The number of rotatable bonds is 2. The van der Waals surface area contributed by atoms with Gasteiger partial charge in [-0.25, -0.2) is 0 Å². The van der Waals surface area contributed by atoms with Crippen LogP contribution in [0, 0.1) is 0 Å². The van der Waals surface area contributed by atoms with Gasteiger partial charge in [-0.05, 0) is 18.6 Å². The molecule has 2 rings (SSSR count). The highest BCUT2D eigenvalue weighted by Gasteiger charge is 2.21. The topological polar surface area (TPSA) is 54.6 Å². The zero-order valence-electron chi connectivity index (χ0n) is 9.06. The van der Waals surface area contributed by atoms with Crippen LogP contribution in [0.4, 0.5) is 10.8 Å². The van der Waals surface area contributed by atoms with Gasteiger partial charge in [-0.2, -0.15) is 4.37 Å². The number of ether oxygens (including phenoxy) is 1. The van der Waals surface area contributed by atoms with Crippen molar-refractivity contribution < 1.29 is 4.74 Å². The number of aromatic nitrogens is 1. The van der Waals surface area contributed by atoms with Gasteiger partial charge in [0.25, 0.3) is 0 Å². The first-order chi connectivity index (χ1) is 7.22. The third kappa shape index (κ3) is 2.00. The lowest BCUT2D eigenvalue weighted by molar-refractivity contribution is 0.312. The summed E-state index contributed by atoms with van der Waals surface area (Å²) in [5.41, 5.74) is 5.72. The molecule has 0 aliphatic carbocycles. The molecule has 0 bridgehead atoms. The molecule has 15 heavy (non-hydrogen) atoms. The van der Waals surface area contributed by atoms with E-state index in [1.54, 1.807) is 7.11 Å². The van der Waals surface area contributed by atoms with E-state index in [1.165, 1.54) is 11.5 Å². The quantitative estimate of drug-likeness (QED) is 0.798. The number of hydrogen-bond donors (Lipinski definition) is 1. The van der Waals surface area contributed by atoms with E-state index in [9.17, 15) is 0 Å². The normalized spacial score (nSPS) is 18.1. The number of piperazine rings is 1. The van der Waals surface area contributed by atoms with E-state index in [-0.39, 0.29) is 0 Å². The Kier molecular flexibility index (Phi) is 2.97. The Bertz CT molecular complexity index is 333. The molecule has 0 amide bonds. The number of nitrogens with zero attached hydrogens (tertiary/aromatic N) is 3. The van der Waals surface area contributed by atoms with Gasteiger partial charge in [-0.1, -0.05) is 0 Å². The Labute approximate surface area is 93.6 Å². The third-order valence-corrected chi connectivity index (χ3v) is 3.56. The van der Waals surface area contributed by atoms with E-state index < -0.39 is 0 Å². The Morgan fingerprint density at radius 1 is 1.33 bits per heavy atom. The molecular weight excluding hydrogens is 212 g/mol. The molecule has 1 aromatic heterocycles. The Hall–Kier alpha value is -1.01. The van der Waals surface area contributed by atoms with Crippen LogP contribution < -0.4 is 15.4 Å². The van der Waals surface area contributed by atoms with Gasteiger partial charge in [-0.3, -0.25) is 0 Å². The minimum Gasteiger partial charge on any atom is -0.490 e. The van der Waals surface area contributed by atoms with E-state index in [0.29, 0.717) is 5.82 Å². The van der Waals surface area contributed by atoms with Crippen molar-refractivity contribution in [3.05, 3.63) is 0 Å². The average Bonchev–Trinajstić information content (AvgIpc) is 2.61. The highest BCUT2D eigenvalue weighted by molar-refractivity contribution is 7.11. The molecule has 84 valence electrons. The fourth-order valence-corrected chi connectivity index (χ4v) is 2.52. The molecule has 1 aromatic rings. The van der Waals surface area contributed by atoms with Crippen LogP contribution in [0.25, 0.3) is 0 Å². The summed E-state index contributed by atoms with van der Waals surface area (Å²) >= 11 is 1.42. The van der Waals surface area contributed by atoms with Crippen molar-refractivity contribution in [1.29, 1.82) is 0 Å². The van der Waals surface area contributed by atoms with Crippen LogP contribution in [-0.2, 0) is 0 Å². The fourth-order valence-electron chi connectivity index (χ4n) is 1.69. The van der Waals surface area contributed by atoms with Gasteiger partial charge < -0.3 is 20.3 Å².